The molecule has 2 aromatic heterocycles. The topological polar surface area (TPSA) is 171 Å². The fraction of sp³-hybridized carbons (Fsp3) is 0.520. The largest absolute Gasteiger partial charge is 0.694 e. The molecule has 0 radical (unpaired) electrons. The maximum atomic E-state index is 13.0. The number of aromatic amines is 1. The van der Waals surface area contributed by atoms with Gasteiger partial charge in [0.15, 0.2) is 5.65 Å². The van der Waals surface area contributed by atoms with Gasteiger partial charge in [-0.05, 0) is 35.6 Å². The summed E-state index contributed by atoms with van der Waals surface area (Å²) in [5.74, 6) is 0.655. The molecule has 1 fully saturated rings. The van der Waals surface area contributed by atoms with Crippen molar-refractivity contribution >= 4 is 25.2 Å². The molecule has 12 nitrogen and oxygen atoms in total. The molecule has 0 bridgehead atoms. The smallest absolute Gasteiger partial charge is 0.497 e. The molecule has 38 heavy (non-hydrogen) atoms. The zero-order valence-corrected chi connectivity index (χ0v) is 22.9. The van der Waals surface area contributed by atoms with Gasteiger partial charge >= 0.3 is 8.25 Å². The molecule has 1 aromatic carbocycles. The van der Waals surface area contributed by atoms with Gasteiger partial charge in [-0.2, -0.15) is 4.98 Å². The molecule has 1 aliphatic heterocycles. The van der Waals surface area contributed by atoms with Crippen molar-refractivity contribution in [2.45, 2.75) is 65.3 Å². The zero-order chi connectivity index (χ0) is 27.8. The van der Waals surface area contributed by atoms with Gasteiger partial charge in [0.1, 0.15) is 24.7 Å². The first kappa shape index (κ1) is 28.2. The van der Waals surface area contributed by atoms with Crippen molar-refractivity contribution in [3.05, 3.63) is 51.4 Å². The summed E-state index contributed by atoms with van der Waals surface area (Å²) in [6, 6.07) is 5.84. The van der Waals surface area contributed by atoms with E-state index in [2.05, 4.69) is 30.7 Å². The molecule has 3 unspecified atom stereocenters. The SMILES string of the molecule is COc1ccc(C)c(C(OCc2cn([C@H]3CC(O)[C@@H](CO[P+](=O)O)O3)c3nc(N)[nH]c(=O)c23)C(C)(C)C)c1. The molecule has 3 heterocycles. The second kappa shape index (κ2) is 11.1. The normalized spacial score (nSPS) is 21.1. The maximum absolute atomic E-state index is 13.0. The number of benzene rings is 1. The lowest BCUT2D eigenvalue weighted by Gasteiger charge is -2.32. The van der Waals surface area contributed by atoms with E-state index in [1.54, 1.807) is 17.9 Å². The number of nitrogens with zero attached hydrogens (tertiary/aromatic N) is 2. The molecule has 0 spiro atoms. The number of aliphatic hydroxyl groups excluding tert-OH is 1. The van der Waals surface area contributed by atoms with Crippen LogP contribution in [0.5, 0.6) is 5.75 Å². The first-order valence-electron chi connectivity index (χ1n) is 12.2. The molecule has 0 amide bonds. The van der Waals surface area contributed by atoms with Crippen LogP contribution in [0.2, 0.25) is 0 Å². The van der Waals surface area contributed by atoms with Crippen LogP contribution in [0.4, 0.5) is 5.95 Å². The van der Waals surface area contributed by atoms with Crippen LogP contribution >= 0.6 is 8.25 Å². The van der Waals surface area contributed by atoms with Gasteiger partial charge in [-0.1, -0.05) is 26.8 Å². The second-order valence-corrected chi connectivity index (χ2v) is 11.2. The van der Waals surface area contributed by atoms with Gasteiger partial charge in [0.05, 0.1) is 31.3 Å². The predicted octanol–water partition coefficient (Wildman–Crippen LogP) is 3.24. The lowest BCUT2D eigenvalue weighted by molar-refractivity contribution is -0.0392. The third-order valence-electron chi connectivity index (χ3n) is 6.60. The molecule has 4 rings (SSSR count). The Balaban J connectivity index is 1.68. The van der Waals surface area contributed by atoms with Crippen LogP contribution in [0.15, 0.2) is 29.2 Å². The van der Waals surface area contributed by atoms with Gasteiger partial charge < -0.3 is 29.6 Å². The van der Waals surface area contributed by atoms with Crippen LogP contribution in [0.3, 0.4) is 0 Å². The number of nitrogens with one attached hydrogen (secondary N) is 1. The minimum absolute atomic E-state index is 0.0652. The summed E-state index contributed by atoms with van der Waals surface area (Å²) in [4.78, 5) is 28.8. The summed E-state index contributed by atoms with van der Waals surface area (Å²) in [7, 11) is -1.21. The average molecular weight is 550 g/mol. The Morgan fingerprint density at radius 3 is 2.76 bits per heavy atom. The van der Waals surface area contributed by atoms with Crippen LogP contribution in [0, 0.1) is 12.3 Å². The molecular formula is C25H34N4O8P+. The van der Waals surface area contributed by atoms with Gasteiger partial charge in [-0.3, -0.25) is 9.78 Å². The van der Waals surface area contributed by atoms with E-state index in [4.69, 9.17) is 29.4 Å². The number of nitrogen functional groups attached to an aromatic ring is 1. The van der Waals surface area contributed by atoms with Crippen LogP contribution in [-0.2, 0) is 25.2 Å². The Morgan fingerprint density at radius 1 is 1.37 bits per heavy atom. The van der Waals surface area contributed by atoms with E-state index in [0.717, 1.165) is 16.9 Å². The molecule has 206 valence electrons. The van der Waals surface area contributed by atoms with E-state index in [-0.39, 0.29) is 42.7 Å². The third kappa shape index (κ3) is 5.90. The summed E-state index contributed by atoms with van der Waals surface area (Å²) < 4.78 is 35.1. The van der Waals surface area contributed by atoms with Crippen molar-refractivity contribution in [1.29, 1.82) is 0 Å². The van der Waals surface area contributed by atoms with Crippen molar-refractivity contribution < 1.29 is 33.3 Å². The summed E-state index contributed by atoms with van der Waals surface area (Å²) in [6.45, 7) is 8.06. The number of aliphatic hydroxyl groups is 1. The van der Waals surface area contributed by atoms with E-state index in [0.29, 0.717) is 10.9 Å². The van der Waals surface area contributed by atoms with Crippen molar-refractivity contribution in [3.63, 3.8) is 0 Å². The van der Waals surface area contributed by atoms with Crippen LogP contribution in [0.25, 0.3) is 11.0 Å². The summed E-state index contributed by atoms with van der Waals surface area (Å²) in [5, 5.41) is 10.7. The number of rotatable bonds is 9. The first-order valence-corrected chi connectivity index (χ1v) is 13.3. The van der Waals surface area contributed by atoms with Crippen molar-refractivity contribution in [2.75, 3.05) is 19.5 Å². The van der Waals surface area contributed by atoms with Gasteiger partial charge in [0.25, 0.3) is 5.56 Å². The van der Waals surface area contributed by atoms with Gasteiger partial charge in [0, 0.05) is 22.7 Å². The lowest BCUT2D eigenvalue weighted by atomic mass is 9.83. The van der Waals surface area contributed by atoms with Crippen molar-refractivity contribution in [2.24, 2.45) is 5.41 Å². The van der Waals surface area contributed by atoms with Crippen LogP contribution < -0.4 is 16.0 Å². The zero-order valence-electron chi connectivity index (χ0n) is 22.0. The average Bonchev–Trinajstić information content (AvgIpc) is 3.38. The molecule has 1 aliphatic rings. The van der Waals surface area contributed by atoms with E-state index < -0.39 is 32.2 Å². The summed E-state index contributed by atoms with van der Waals surface area (Å²) in [6.07, 6.45) is -0.959. The highest BCUT2D eigenvalue weighted by Gasteiger charge is 2.38. The molecule has 5 N–H and O–H groups in total. The fourth-order valence-corrected chi connectivity index (χ4v) is 5.03. The fourth-order valence-electron chi connectivity index (χ4n) is 4.76. The predicted molar refractivity (Wildman–Crippen MR) is 140 cm³/mol. The van der Waals surface area contributed by atoms with Gasteiger partial charge in [0.2, 0.25) is 5.95 Å². The number of aryl methyl sites for hydroxylation is 1. The van der Waals surface area contributed by atoms with Crippen molar-refractivity contribution in [1.82, 2.24) is 14.5 Å². The molecule has 0 aliphatic carbocycles. The Labute approximate surface area is 220 Å². The number of hydrogen-bond donors (Lipinski definition) is 4. The molecule has 13 heteroatoms. The van der Waals surface area contributed by atoms with Crippen molar-refractivity contribution in [3.8, 4) is 5.75 Å². The molecule has 1 saturated heterocycles. The molecular weight excluding hydrogens is 515 g/mol. The number of aromatic nitrogens is 3. The number of methoxy groups -OCH3 is 1. The second-order valence-electron chi connectivity index (χ2n) is 10.5. The number of nitrogens with two attached hydrogens (primary N) is 1. The van der Waals surface area contributed by atoms with E-state index >= 15 is 0 Å². The number of hydrogen-bond acceptors (Lipinski definition) is 9. The molecule has 3 aromatic rings. The molecule has 5 atom stereocenters. The first-order chi connectivity index (χ1) is 17.9. The Hall–Kier alpha value is -2.86. The lowest BCUT2D eigenvalue weighted by Crippen LogP contribution is -2.25. The highest BCUT2D eigenvalue weighted by atomic mass is 31.1. The van der Waals surface area contributed by atoms with E-state index in [1.165, 1.54) is 0 Å². The monoisotopic (exact) mass is 549 g/mol. The van der Waals surface area contributed by atoms with E-state index in [1.807, 2.05) is 25.1 Å². The number of ether oxygens (including phenoxy) is 3. The summed E-state index contributed by atoms with van der Waals surface area (Å²) in [5.41, 5.74) is 8.00. The summed E-state index contributed by atoms with van der Waals surface area (Å²) >= 11 is 0. The quantitative estimate of drug-likeness (QED) is 0.290. The Bertz CT molecular complexity index is 1380. The third-order valence-corrected chi connectivity index (χ3v) is 6.97. The Morgan fingerprint density at radius 2 is 2.11 bits per heavy atom. The Kier molecular flexibility index (Phi) is 8.22. The van der Waals surface area contributed by atoms with E-state index in [9.17, 15) is 14.5 Å². The molecule has 0 saturated carbocycles. The minimum Gasteiger partial charge on any atom is -0.497 e. The van der Waals surface area contributed by atoms with Gasteiger partial charge in [-0.15, -0.1) is 9.42 Å². The number of H-pyrrole nitrogens is 1. The number of anilines is 1. The van der Waals surface area contributed by atoms with Gasteiger partial charge in [-0.25, -0.2) is 0 Å². The number of fused-ring (bicyclic) bond motifs is 1. The van der Waals surface area contributed by atoms with Crippen LogP contribution in [0.1, 0.15) is 56.2 Å². The highest BCUT2D eigenvalue weighted by molar-refractivity contribution is 7.32. The maximum Gasteiger partial charge on any atom is 0.694 e. The highest BCUT2D eigenvalue weighted by Crippen LogP contribution is 2.40. The minimum atomic E-state index is -2.83. The standard InChI is InChI=1S/C25H33N4O8P/c1-13-6-7-15(34-5)8-16(13)21(25(2,3)4)35-11-14-10-29(22-20(14)23(31)28-24(26)27-22)19-9-17(30)18(37-19)12-36-38(32)33/h6-8,10,17-19,21,30H,9,11-12H2,1-5H3,(H3-,26,27,28,31,32,33)/p+1/t17?,18-,19-,21?/m1/s1. The van der Waals surface area contributed by atoms with Crippen LogP contribution in [-0.4, -0.2) is 50.5 Å².